The minimum atomic E-state index is -0.907. The van der Waals surface area contributed by atoms with Crippen LogP contribution in [0.1, 0.15) is 24.4 Å². The van der Waals surface area contributed by atoms with E-state index in [0.29, 0.717) is 12.0 Å². The lowest BCUT2D eigenvalue weighted by molar-refractivity contribution is -0.137. The van der Waals surface area contributed by atoms with Crippen LogP contribution in [0.25, 0.3) is 0 Å². The summed E-state index contributed by atoms with van der Waals surface area (Å²) >= 11 is 0. The van der Waals surface area contributed by atoms with Crippen LogP contribution in [-0.4, -0.2) is 16.1 Å². The molecule has 0 aromatic carbocycles. The number of aliphatic carboxylic acids is 1. The number of nitrogens with zero attached hydrogens (tertiary/aromatic N) is 1. The van der Waals surface area contributed by atoms with E-state index in [9.17, 15) is 9.18 Å². The number of nitrogens with two attached hydrogens (primary N) is 1. The number of carboxylic acids is 1. The molecule has 0 saturated heterocycles. The maximum absolute atomic E-state index is 12.6. The molecule has 76 valence electrons. The molecule has 3 N–H and O–H groups in total. The highest BCUT2D eigenvalue weighted by molar-refractivity contribution is 5.66. The number of carboxylic acid groups (broad SMARTS) is 1. The Balaban J connectivity index is 2.60. The number of carbonyl (C=O) groups is 1. The molecule has 0 spiro atoms. The van der Waals surface area contributed by atoms with Gasteiger partial charge in [-0.2, -0.15) is 4.39 Å². The molecule has 0 fully saturated rings. The Hall–Kier alpha value is -1.49. The first kappa shape index (κ1) is 10.6. The van der Waals surface area contributed by atoms with E-state index in [0.717, 1.165) is 0 Å². The standard InChI is InChI=1S/C9H11FN2O2/c10-8-5-6(3-4-12-8)7(11)1-2-9(13)14/h3-5,7H,1-2,11H2,(H,13,14). The number of rotatable bonds is 4. The molecule has 1 atom stereocenters. The number of aromatic nitrogens is 1. The highest BCUT2D eigenvalue weighted by atomic mass is 19.1. The molecule has 1 aromatic heterocycles. The van der Waals surface area contributed by atoms with Gasteiger partial charge in [-0.25, -0.2) is 4.98 Å². The zero-order valence-corrected chi connectivity index (χ0v) is 7.48. The minimum Gasteiger partial charge on any atom is -0.481 e. The summed E-state index contributed by atoms with van der Waals surface area (Å²) in [4.78, 5) is 13.6. The largest absolute Gasteiger partial charge is 0.481 e. The van der Waals surface area contributed by atoms with Crippen molar-refractivity contribution in [3.8, 4) is 0 Å². The first-order valence-electron chi connectivity index (χ1n) is 4.18. The lowest BCUT2D eigenvalue weighted by Gasteiger charge is -2.09. The summed E-state index contributed by atoms with van der Waals surface area (Å²) in [5.74, 6) is -1.51. The zero-order valence-electron chi connectivity index (χ0n) is 7.48. The number of pyridine rings is 1. The van der Waals surface area contributed by atoms with E-state index in [2.05, 4.69) is 4.98 Å². The van der Waals surface area contributed by atoms with Gasteiger partial charge in [0.1, 0.15) is 0 Å². The monoisotopic (exact) mass is 198 g/mol. The Bertz CT molecular complexity index is 330. The average molecular weight is 198 g/mol. The first-order valence-corrected chi connectivity index (χ1v) is 4.18. The highest BCUT2D eigenvalue weighted by Crippen LogP contribution is 2.15. The maximum atomic E-state index is 12.6. The van der Waals surface area contributed by atoms with Crippen molar-refractivity contribution in [1.29, 1.82) is 0 Å². The van der Waals surface area contributed by atoms with Crippen LogP contribution in [0, 0.1) is 5.95 Å². The van der Waals surface area contributed by atoms with Crippen LogP contribution in [0.3, 0.4) is 0 Å². The highest BCUT2D eigenvalue weighted by Gasteiger charge is 2.09. The van der Waals surface area contributed by atoms with E-state index >= 15 is 0 Å². The van der Waals surface area contributed by atoms with Gasteiger partial charge in [0, 0.05) is 18.7 Å². The van der Waals surface area contributed by atoms with Crippen molar-refractivity contribution in [2.45, 2.75) is 18.9 Å². The Kier molecular flexibility index (Phi) is 3.53. The topological polar surface area (TPSA) is 76.2 Å². The molecular weight excluding hydrogens is 187 g/mol. The molecular formula is C9H11FN2O2. The van der Waals surface area contributed by atoms with Crippen molar-refractivity contribution in [2.75, 3.05) is 0 Å². The molecule has 1 rings (SSSR count). The van der Waals surface area contributed by atoms with E-state index in [1.165, 1.54) is 12.3 Å². The summed E-state index contributed by atoms with van der Waals surface area (Å²) in [5.41, 5.74) is 6.22. The van der Waals surface area contributed by atoms with E-state index in [1.807, 2.05) is 0 Å². The van der Waals surface area contributed by atoms with Gasteiger partial charge in [0.2, 0.25) is 5.95 Å². The van der Waals surface area contributed by atoms with Gasteiger partial charge in [0.25, 0.3) is 0 Å². The molecule has 0 bridgehead atoms. The fourth-order valence-electron chi connectivity index (χ4n) is 1.09. The third-order valence-corrected chi connectivity index (χ3v) is 1.85. The Morgan fingerprint density at radius 1 is 1.71 bits per heavy atom. The van der Waals surface area contributed by atoms with Crippen molar-refractivity contribution in [2.24, 2.45) is 5.73 Å². The van der Waals surface area contributed by atoms with Gasteiger partial charge in [0.05, 0.1) is 0 Å². The normalized spacial score (nSPS) is 12.4. The van der Waals surface area contributed by atoms with Crippen LogP contribution >= 0.6 is 0 Å². The molecule has 0 aliphatic heterocycles. The lowest BCUT2D eigenvalue weighted by Crippen LogP contribution is -2.12. The smallest absolute Gasteiger partial charge is 0.303 e. The summed E-state index contributed by atoms with van der Waals surface area (Å²) in [6.45, 7) is 0. The van der Waals surface area contributed by atoms with Gasteiger partial charge >= 0.3 is 5.97 Å². The lowest BCUT2D eigenvalue weighted by atomic mass is 10.0. The molecule has 0 aliphatic carbocycles. The van der Waals surface area contributed by atoms with Gasteiger partial charge in [-0.15, -0.1) is 0 Å². The molecule has 1 heterocycles. The molecule has 4 nitrogen and oxygen atoms in total. The predicted molar refractivity (Wildman–Crippen MR) is 48.0 cm³/mol. The van der Waals surface area contributed by atoms with Crippen molar-refractivity contribution in [1.82, 2.24) is 4.98 Å². The summed E-state index contributed by atoms with van der Waals surface area (Å²) in [5, 5.41) is 8.42. The fourth-order valence-corrected chi connectivity index (χ4v) is 1.09. The molecule has 1 aromatic rings. The SMILES string of the molecule is NC(CCC(=O)O)c1ccnc(F)c1. The van der Waals surface area contributed by atoms with Crippen LogP contribution in [0.15, 0.2) is 18.3 Å². The van der Waals surface area contributed by atoms with Gasteiger partial charge in [0.15, 0.2) is 0 Å². The average Bonchev–Trinajstić information content (AvgIpc) is 2.14. The zero-order chi connectivity index (χ0) is 10.6. The second-order valence-electron chi connectivity index (χ2n) is 2.95. The molecule has 0 saturated carbocycles. The van der Waals surface area contributed by atoms with Crippen LogP contribution in [0.4, 0.5) is 4.39 Å². The van der Waals surface area contributed by atoms with Gasteiger partial charge < -0.3 is 10.8 Å². The van der Waals surface area contributed by atoms with Crippen LogP contribution < -0.4 is 5.73 Å². The van der Waals surface area contributed by atoms with Crippen LogP contribution in [0.5, 0.6) is 0 Å². The van der Waals surface area contributed by atoms with Crippen molar-refractivity contribution in [3.63, 3.8) is 0 Å². The Labute approximate surface area is 80.6 Å². The van der Waals surface area contributed by atoms with Crippen molar-refractivity contribution < 1.29 is 14.3 Å². The summed E-state index contributed by atoms with van der Waals surface area (Å²) < 4.78 is 12.6. The molecule has 1 unspecified atom stereocenters. The summed E-state index contributed by atoms with van der Waals surface area (Å²) in [7, 11) is 0. The minimum absolute atomic E-state index is 0.0227. The Morgan fingerprint density at radius 3 is 3.00 bits per heavy atom. The van der Waals surface area contributed by atoms with Crippen molar-refractivity contribution in [3.05, 3.63) is 29.8 Å². The van der Waals surface area contributed by atoms with Gasteiger partial charge in [-0.1, -0.05) is 0 Å². The molecule has 5 heteroatoms. The Morgan fingerprint density at radius 2 is 2.43 bits per heavy atom. The second-order valence-corrected chi connectivity index (χ2v) is 2.95. The third kappa shape index (κ3) is 3.10. The first-order chi connectivity index (χ1) is 6.59. The molecule has 0 radical (unpaired) electrons. The van der Waals surface area contributed by atoms with Crippen LogP contribution in [0.2, 0.25) is 0 Å². The van der Waals surface area contributed by atoms with Crippen molar-refractivity contribution >= 4 is 5.97 Å². The fraction of sp³-hybridized carbons (Fsp3) is 0.333. The molecule has 0 aliphatic rings. The quantitative estimate of drug-likeness (QED) is 0.710. The number of hydrogen-bond acceptors (Lipinski definition) is 3. The van der Waals surface area contributed by atoms with E-state index in [1.54, 1.807) is 6.07 Å². The number of halogens is 1. The van der Waals surface area contributed by atoms with E-state index in [4.69, 9.17) is 10.8 Å². The third-order valence-electron chi connectivity index (χ3n) is 1.85. The maximum Gasteiger partial charge on any atom is 0.303 e. The van der Waals surface area contributed by atoms with Gasteiger partial charge in [-0.3, -0.25) is 4.79 Å². The van der Waals surface area contributed by atoms with E-state index < -0.39 is 18.0 Å². The molecule has 0 amide bonds. The molecule has 14 heavy (non-hydrogen) atoms. The summed E-state index contributed by atoms with van der Waals surface area (Å²) in [6.07, 6.45) is 1.58. The number of hydrogen-bond donors (Lipinski definition) is 2. The second kappa shape index (κ2) is 4.66. The van der Waals surface area contributed by atoms with E-state index in [-0.39, 0.29) is 6.42 Å². The summed E-state index contributed by atoms with van der Waals surface area (Å²) in [6, 6.07) is 2.34. The van der Waals surface area contributed by atoms with Gasteiger partial charge in [-0.05, 0) is 24.1 Å². The van der Waals surface area contributed by atoms with Crippen LogP contribution in [-0.2, 0) is 4.79 Å². The predicted octanol–water partition coefficient (Wildman–Crippen LogP) is 1.09.